The summed E-state index contributed by atoms with van der Waals surface area (Å²) < 4.78 is 5.45. The first-order valence-electron chi connectivity index (χ1n) is 9.20. The summed E-state index contributed by atoms with van der Waals surface area (Å²) in [7, 11) is 0. The van der Waals surface area contributed by atoms with Crippen LogP contribution in [0.5, 0.6) is 5.75 Å². The minimum atomic E-state index is 0.0267. The second-order valence-electron chi connectivity index (χ2n) is 6.86. The molecule has 0 aliphatic heterocycles. The number of benzene rings is 2. The molecule has 0 aliphatic carbocycles. The third-order valence-corrected chi connectivity index (χ3v) is 5.15. The molecule has 3 nitrogen and oxygen atoms in total. The minimum absolute atomic E-state index is 0.0267. The van der Waals surface area contributed by atoms with Gasteiger partial charge < -0.3 is 10.1 Å². The smallest absolute Gasteiger partial charge is 0.234 e. The number of hydrogen-bond donors (Lipinski definition) is 1. The van der Waals surface area contributed by atoms with Crippen LogP contribution >= 0.6 is 11.8 Å². The quantitative estimate of drug-likeness (QED) is 0.573. The van der Waals surface area contributed by atoms with Crippen LogP contribution in [0, 0.1) is 0 Å². The molecular weight excluding hydrogens is 342 g/mol. The number of thioether (sulfide) groups is 1. The molecule has 2 aromatic rings. The number of hydrogen-bond acceptors (Lipinski definition) is 3. The molecule has 0 radical (unpaired) electrons. The molecule has 4 heteroatoms. The summed E-state index contributed by atoms with van der Waals surface area (Å²) in [5, 5.41) is 3.16. The van der Waals surface area contributed by atoms with Crippen LogP contribution in [0.1, 0.15) is 57.6 Å². The van der Waals surface area contributed by atoms with Gasteiger partial charge in [-0.1, -0.05) is 45.9 Å². The van der Waals surface area contributed by atoms with Crippen LogP contribution in [0.2, 0.25) is 0 Å². The molecule has 1 amide bonds. The molecular formula is C22H29NO2S. The maximum Gasteiger partial charge on any atom is 0.234 e. The molecule has 2 aromatic carbocycles. The second kappa shape index (κ2) is 9.67. The fourth-order valence-electron chi connectivity index (χ4n) is 2.82. The van der Waals surface area contributed by atoms with Crippen LogP contribution in [0.15, 0.2) is 47.4 Å². The normalized spacial score (nSPS) is 11.0. The number of amides is 1. The van der Waals surface area contributed by atoms with E-state index in [1.165, 1.54) is 22.9 Å². The fourth-order valence-corrected chi connectivity index (χ4v) is 3.52. The molecule has 1 N–H and O–H groups in total. The lowest BCUT2D eigenvalue weighted by molar-refractivity contribution is -0.113. The average molecular weight is 372 g/mol. The molecule has 26 heavy (non-hydrogen) atoms. The molecule has 2 rings (SSSR count). The maximum atomic E-state index is 12.5. The summed E-state index contributed by atoms with van der Waals surface area (Å²) in [6.07, 6.45) is 0. The van der Waals surface area contributed by atoms with Crippen LogP contribution in [-0.4, -0.2) is 18.3 Å². The van der Waals surface area contributed by atoms with Crippen LogP contribution in [-0.2, 0) is 4.79 Å². The Morgan fingerprint density at radius 1 is 1.00 bits per heavy atom. The van der Waals surface area contributed by atoms with Gasteiger partial charge in [0.15, 0.2) is 0 Å². The monoisotopic (exact) mass is 371 g/mol. The Morgan fingerprint density at radius 3 is 2.08 bits per heavy atom. The molecule has 0 atom stereocenters. The summed E-state index contributed by atoms with van der Waals surface area (Å²) >= 11 is 1.54. The third-order valence-electron chi connectivity index (χ3n) is 4.14. The van der Waals surface area contributed by atoms with Crippen molar-refractivity contribution in [2.24, 2.45) is 0 Å². The minimum Gasteiger partial charge on any atom is -0.494 e. The summed E-state index contributed by atoms with van der Waals surface area (Å²) in [5.41, 5.74) is 3.36. The molecule has 0 bridgehead atoms. The third kappa shape index (κ3) is 5.53. The van der Waals surface area contributed by atoms with Crippen molar-refractivity contribution in [1.82, 2.24) is 0 Å². The molecule has 0 aliphatic rings. The molecule has 0 saturated carbocycles. The molecule has 0 spiro atoms. The summed E-state index contributed by atoms with van der Waals surface area (Å²) in [4.78, 5) is 13.6. The lowest BCUT2D eigenvalue weighted by atomic mass is 9.92. The predicted octanol–water partition coefficient (Wildman–Crippen LogP) is 6.06. The van der Waals surface area contributed by atoms with Crippen molar-refractivity contribution in [1.29, 1.82) is 0 Å². The zero-order valence-electron chi connectivity index (χ0n) is 16.3. The van der Waals surface area contributed by atoms with E-state index in [0.29, 0.717) is 24.2 Å². The van der Waals surface area contributed by atoms with E-state index in [1.54, 1.807) is 0 Å². The Kier molecular flexibility index (Phi) is 7.58. The second-order valence-corrected chi connectivity index (χ2v) is 7.91. The van der Waals surface area contributed by atoms with Gasteiger partial charge in [-0.2, -0.15) is 0 Å². The molecule has 0 aromatic heterocycles. The van der Waals surface area contributed by atoms with Gasteiger partial charge in [0, 0.05) is 10.6 Å². The lowest BCUT2D eigenvalue weighted by Gasteiger charge is -2.20. The van der Waals surface area contributed by atoms with E-state index in [9.17, 15) is 4.79 Å². The first kappa shape index (κ1) is 20.4. The van der Waals surface area contributed by atoms with Crippen LogP contribution < -0.4 is 10.1 Å². The highest BCUT2D eigenvalue weighted by atomic mass is 32.2. The number of anilines is 1. The van der Waals surface area contributed by atoms with Gasteiger partial charge in [0.25, 0.3) is 0 Å². The fraction of sp³-hybridized carbons (Fsp3) is 0.409. The number of carbonyl (C=O) groups excluding carboxylic acids is 1. The van der Waals surface area contributed by atoms with Crippen LogP contribution in [0.4, 0.5) is 5.69 Å². The van der Waals surface area contributed by atoms with Crippen molar-refractivity contribution < 1.29 is 9.53 Å². The van der Waals surface area contributed by atoms with E-state index < -0.39 is 0 Å². The predicted molar refractivity (Wildman–Crippen MR) is 112 cm³/mol. The van der Waals surface area contributed by atoms with Gasteiger partial charge in [0.05, 0.1) is 12.4 Å². The van der Waals surface area contributed by atoms with E-state index in [1.807, 2.05) is 31.2 Å². The van der Waals surface area contributed by atoms with E-state index in [4.69, 9.17) is 4.74 Å². The summed E-state index contributed by atoms with van der Waals surface area (Å²) in [6.45, 7) is 11.2. The van der Waals surface area contributed by atoms with E-state index >= 15 is 0 Å². The Bertz CT molecular complexity index is 697. The van der Waals surface area contributed by atoms with E-state index in [0.717, 1.165) is 16.3 Å². The first-order valence-corrected chi connectivity index (χ1v) is 10.2. The van der Waals surface area contributed by atoms with Crippen molar-refractivity contribution in [3.63, 3.8) is 0 Å². The molecule has 0 heterocycles. The first-order chi connectivity index (χ1) is 12.4. The molecule has 0 fully saturated rings. The average Bonchev–Trinajstić information content (AvgIpc) is 2.61. The van der Waals surface area contributed by atoms with Gasteiger partial charge in [-0.15, -0.1) is 11.8 Å². The maximum absolute atomic E-state index is 12.5. The Morgan fingerprint density at radius 2 is 1.58 bits per heavy atom. The highest BCUT2D eigenvalue weighted by Gasteiger charge is 2.16. The topological polar surface area (TPSA) is 38.3 Å². The highest BCUT2D eigenvalue weighted by Crippen LogP contribution is 2.32. The standard InChI is InChI=1S/C22H29NO2S/c1-6-25-17-10-12-18(13-11-17)26-14-21(24)23-22-19(15(2)3)8-7-9-20(22)16(4)5/h7-13,15-16H,6,14H2,1-5H3,(H,23,24). The summed E-state index contributed by atoms with van der Waals surface area (Å²) in [6, 6.07) is 14.1. The van der Waals surface area contributed by atoms with Gasteiger partial charge in [-0.25, -0.2) is 0 Å². The van der Waals surface area contributed by atoms with Crippen LogP contribution in [0.3, 0.4) is 0 Å². The lowest BCUT2D eigenvalue weighted by Crippen LogP contribution is -2.17. The Hall–Kier alpha value is -1.94. The van der Waals surface area contributed by atoms with Gasteiger partial charge in [-0.3, -0.25) is 4.79 Å². The highest BCUT2D eigenvalue weighted by molar-refractivity contribution is 8.00. The molecule has 0 unspecified atom stereocenters. The van der Waals surface area contributed by atoms with Crippen molar-refractivity contribution >= 4 is 23.4 Å². The van der Waals surface area contributed by atoms with E-state index in [-0.39, 0.29) is 5.91 Å². The number of carbonyl (C=O) groups is 1. The van der Waals surface area contributed by atoms with Crippen molar-refractivity contribution in [2.45, 2.75) is 51.3 Å². The van der Waals surface area contributed by atoms with Crippen LogP contribution in [0.25, 0.3) is 0 Å². The van der Waals surface area contributed by atoms with Crippen molar-refractivity contribution in [3.8, 4) is 5.75 Å². The molecule has 0 saturated heterocycles. The van der Waals surface area contributed by atoms with Gasteiger partial charge in [0.2, 0.25) is 5.91 Å². The number of rotatable bonds is 8. The van der Waals surface area contributed by atoms with Gasteiger partial charge in [0.1, 0.15) is 5.75 Å². The zero-order chi connectivity index (χ0) is 19.1. The van der Waals surface area contributed by atoms with Gasteiger partial charge in [-0.05, 0) is 54.2 Å². The van der Waals surface area contributed by atoms with Crippen molar-refractivity contribution in [2.75, 3.05) is 17.7 Å². The zero-order valence-corrected chi connectivity index (χ0v) is 17.2. The Labute approximate surface area is 161 Å². The number of nitrogens with one attached hydrogen (secondary N) is 1. The van der Waals surface area contributed by atoms with Crippen molar-refractivity contribution in [3.05, 3.63) is 53.6 Å². The molecule has 140 valence electrons. The SMILES string of the molecule is CCOc1ccc(SCC(=O)Nc2c(C(C)C)cccc2C(C)C)cc1. The largest absolute Gasteiger partial charge is 0.494 e. The van der Waals surface area contributed by atoms with Gasteiger partial charge >= 0.3 is 0 Å². The number of ether oxygens (including phenoxy) is 1. The summed E-state index contributed by atoms with van der Waals surface area (Å²) in [5.74, 6) is 2.00. The Balaban J connectivity index is 2.05. The van der Waals surface area contributed by atoms with E-state index in [2.05, 4.69) is 51.2 Å². The number of para-hydroxylation sites is 1.